The average Bonchev–Trinajstić information content (AvgIpc) is 2.78. The molecule has 0 bridgehead atoms. The van der Waals surface area contributed by atoms with Crippen molar-refractivity contribution in [2.45, 2.75) is 18.9 Å². The van der Waals surface area contributed by atoms with Gasteiger partial charge in [-0.3, -0.25) is 0 Å². The minimum Gasteiger partial charge on any atom is -0.469 e. The molecule has 3 N–H and O–H groups in total. The zero-order valence-corrected chi connectivity index (χ0v) is 11.7. The van der Waals surface area contributed by atoms with Crippen molar-refractivity contribution in [1.29, 1.82) is 0 Å². The van der Waals surface area contributed by atoms with E-state index in [-0.39, 0.29) is 5.92 Å². The van der Waals surface area contributed by atoms with Gasteiger partial charge >= 0.3 is 0 Å². The van der Waals surface area contributed by atoms with Crippen LogP contribution >= 0.6 is 15.9 Å². The van der Waals surface area contributed by atoms with Crippen LogP contribution < -0.4 is 5.73 Å². The van der Waals surface area contributed by atoms with Crippen LogP contribution in [0.2, 0.25) is 0 Å². The van der Waals surface area contributed by atoms with Gasteiger partial charge in [-0.15, -0.1) is 0 Å². The lowest BCUT2D eigenvalue weighted by Crippen LogP contribution is -2.20. The van der Waals surface area contributed by atoms with Crippen molar-refractivity contribution in [2.24, 2.45) is 5.73 Å². The van der Waals surface area contributed by atoms with Crippen LogP contribution in [-0.4, -0.2) is 11.7 Å². The highest BCUT2D eigenvalue weighted by Gasteiger charge is 2.24. The van der Waals surface area contributed by atoms with E-state index in [1.54, 1.807) is 12.3 Å². The number of benzene rings is 1. The van der Waals surface area contributed by atoms with Gasteiger partial charge in [-0.2, -0.15) is 0 Å². The summed E-state index contributed by atoms with van der Waals surface area (Å²) in [5, 5.41) is 10.4. The Morgan fingerprint density at radius 2 is 1.94 bits per heavy atom. The summed E-state index contributed by atoms with van der Waals surface area (Å²) in [6, 6.07) is 9.64. The molecule has 0 spiro atoms. The normalized spacial score (nSPS) is 14.4. The molecule has 0 fully saturated rings. The van der Waals surface area contributed by atoms with Crippen LogP contribution in [0.5, 0.6) is 0 Å². The zero-order chi connectivity index (χ0) is 13.1. The summed E-state index contributed by atoms with van der Waals surface area (Å²) in [6.07, 6.45) is 0.943. The number of aliphatic hydroxyl groups excluding tert-OH is 1. The van der Waals surface area contributed by atoms with Gasteiger partial charge in [0.15, 0.2) is 0 Å². The van der Waals surface area contributed by atoms with Crippen molar-refractivity contribution >= 4 is 15.9 Å². The molecule has 2 aromatic rings. The van der Waals surface area contributed by atoms with E-state index < -0.39 is 6.10 Å². The first-order chi connectivity index (χ1) is 8.63. The number of halogens is 1. The first kappa shape index (κ1) is 13.3. The molecule has 0 aliphatic rings. The predicted octanol–water partition coefficient (Wildman–Crippen LogP) is 3.13. The van der Waals surface area contributed by atoms with Crippen LogP contribution in [0.1, 0.15) is 28.9 Å². The molecule has 2 unspecified atom stereocenters. The van der Waals surface area contributed by atoms with Gasteiger partial charge in [-0.05, 0) is 30.7 Å². The van der Waals surface area contributed by atoms with Gasteiger partial charge in [-0.1, -0.05) is 28.1 Å². The van der Waals surface area contributed by atoms with Crippen LogP contribution in [0.4, 0.5) is 0 Å². The first-order valence-electron chi connectivity index (χ1n) is 5.81. The van der Waals surface area contributed by atoms with Crippen LogP contribution in [0.15, 0.2) is 45.5 Å². The predicted molar refractivity (Wildman–Crippen MR) is 74.3 cm³/mol. The molecule has 4 heteroatoms. The SMILES string of the molecule is Cc1occc1C(O)C(CN)c1ccc(Br)cc1. The Hall–Kier alpha value is -1.10. The smallest absolute Gasteiger partial charge is 0.106 e. The van der Waals surface area contributed by atoms with Crippen LogP contribution in [0, 0.1) is 6.92 Å². The molecule has 18 heavy (non-hydrogen) atoms. The van der Waals surface area contributed by atoms with E-state index in [1.807, 2.05) is 31.2 Å². The van der Waals surface area contributed by atoms with E-state index >= 15 is 0 Å². The van der Waals surface area contributed by atoms with Gasteiger partial charge in [-0.25, -0.2) is 0 Å². The number of furan rings is 1. The third-order valence-electron chi connectivity index (χ3n) is 3.15. The van der Waals surface area contributed by atoms with E-state index in [0.29, 0.717) is 6.54 Å². The number of hydrogen-bond donors (Lipinski definition) is 2. The lowest BCUT2D eigenvalue weighted by Gasteiger charge is -2.21. The highest BCUT2D eigenvalue weighted by molar-refractivity contribution is 9.10. The van der Waals surface area contributed by atoms with Crippen molar-refractivity contribution in [1.82, 2.24) is 0 Å². The minimum atomic E-state index is -0.644. The summed E-state index contributed by atoms with van der Waals surface area (Å²) in [4.78, 5) is 0. The summed E-state index contributed by atoms with van der Waals surface area (Å²) < 4.78 is 6.24. The fraction of sp³-hybridized carbons (Fsp3) is 0.286. The van der Waals surface area contributed by atoms with Crippen molar-refractivity contribution in [3.8, 4) is 0 Å². The summed E-state index contributed by atoms with van der Waals surface area (Å²) in [7, 11) is 0. The van der Waals surface area contributed by atoms with E-state index in [4.69, 9.17) is 10.2 Å². The highest BCUT2D eigenvalue weighted by Crippen LogP contribution is 2.32. The summed E-state index contributed by atoms with van der Waals surface area (Å²) in [5.74, 6) is 0.604. The number of rotatable bonds is 4. The van der Waals surface area contributed by atoms with Crippen molar-refractivity contribution < 1.29 is 9.52 Å². The fourth-order valence-electron chi connectivity index (χ4n) is 2.08. The second kappa shape index (κ2) is 5.69. The van der Waals surface area contributed by atoms with Gasteiger partial charge in [0, 0.05) is 22.5 Å². The molecule has 3 nitrogen and oxygen atoms in total. The number of aryl methyl sites for hydroxylation is 1. The molecule has 2 atom stereocenters. The Morgan fingerprint density at radius 1 is 1.28 bits per heavy atom. The minimum absolute atomic E-state index is 0.130. The Labute approximate surface area is 115 Å². The van der Waals surface area contributed by atoms with E-state index in [9.17, 15) is 5.11 Å². The molecule has 0 aliphatic carbocycles. The average molecular weight is 310 g/mol. The summed E-state index contributed by atoms with van der Waals surface area (Å²) in [5.41, 5.74) is 7.62. The molecule has 0 amide bonds. The van der Waals surface area contributed by atoms with E-state index in [2.05, 4.69) is 15.9 Å². The maximum absolute atomic E-state index is 10.4. The molecular formula is C14H16BrNO2. The fourth-order valence-corrected chi connectivity index (χ4v) is 2.34. The van der Waals surface area contributed by atoms with E-state index in [1.165, 1.54) is 0 Å². The second-order valence-electron chi connectivity index (χ2n) is 4.27. The lowest BCUT2D eigenvalue weighted by atomic mass is 9.89. The Bertz CT molecular complexity index is 507. The molecule has 1 aromatic carbocycles. The third-order valence-corrected chi connectivity index (χ3v) is 3.68. The van der Waals surface area contributed by atoms with Crippen molar-refractivity contribution in [3.05, 3.63) is 58.0 Å². The molecule has 0 saturated heterocycles. The topological polar surface area (TPSA) is 59.4 Å². The zero-order valence-electron chi connectivity index (χ0n) is 10.1. The van der Waals surface area contributed by atoms with Crippen LogP contribution in [0.3, 0.4) is 0 Å². The number of nitrogens with two attached hydrogens (primary N) is 1. The molecule has 1 heterocycles. The summed E-state index contributed by atoms with van der Waals surface area (Å²) in [6.45, 7) is 2.22. The molecule has 0 saturated carbocycles. The Kier molecular flexibility index (Phi) is 4.22. The summed E-state index contributed by atoms with van der Waals surface area (Å²) >= 11 is 3.40. The van der Waals surface area contributed by atoms with Gasteiger partial charge in [0.25, 0.3) is 0 Å². The molecule has 1 aromatic heterocycles. The molecule has 96 valence electrons. The van der Waals surface area contributed by atoms with Gasteiger partial charge in [0.05, 0.1) is 12.4 Å². The molecule has 0 radical (unpaired) electrons. The molecular weight excluding hydrogens is 294 g/mol. The second-order valence-corrected chi connectivity index (χ2v) is 5.19. The quantitative estimate of drug-likeness (QED) is 0.912. The maximum atomic E-state index is 10.4. The Morgan fingerprint density at radius 3 is 2.44 bits per heavy atom. The number of hydrogen-bond acceptors (Lipinski definition) is 3. The highest BCUT2D eigenvalue weighted by atomic mass is 79.9. The molecule has 0 aliphatic heterocycles. The van der Waals surface area contributed by atoms with Gasteiger partial charge < -0.3 is 15.3 Å². The largest absolute Gasteiger partial charge is 0.469 e. The Balaban J connectivity index is 2.28. The third kappa shape index (κ3) is 2.66. The maximum Gasteiger partial charge on any atom is 0.106 e. The molecule has 2 rings (SSSR count). The van der Waals surface area contributed by atoms with Crippen LogP contribution in [-0.2, 0) is 0 Å². The van der Waals surface area contributed by atoms with E-state index in [0.717, 1.165) is 21.4 Å². The van der Waals surface area contributed by atoms with Crippen molar-refractivity contribution in [2.75, 3.05) is 6.54 Å². The monoisotopic (exact) mass is 309 g/mol. The lowest BCUT2D eigenvalue weighted by molar-refractivity contribution is 0.145. The first-order valence-corrected chi connectivity index (χ1v) is 6.60. The van der Waals surface area contributed by atoms with Gasteiger partial charge in [0.2, 0.25) is 0 Å². The van der Waals surface area contributed by atoms with Gasteiger partial charge in [0.1, 0.15) is 5.76 Å². The number of aliphatic hydroxyl groups is 1. The standard InChI is InChI=1S/C14H16BrNO2/c1-9-12(6-7-18-9)14(17)13(8-16)10-2-4-11(15)5-3-10/h2-7,13-14,17H,8,16H2,1H3. The van der Waals surface area contributed by atoms with Crippen LogP contribution in [0.25, 0.3) is 0 Å². The van der Waals surface area contributed by atoms with Crippen molar-refractivity contribution in [3.63, 3.8) is 0 Å².